The van der Waals surface area contributed by atoms with Crippen molar-refractivity contribution in [2.24, 2.45) is 0 Å². The molecule has 2 aromatic rings. The lowest BCUT2D eigenvalue weighted by molar-refractivity contribution is 0.0491. The summed E-state index contributed by atoms with van der Waals surface area (Å²) >= 11 is 0. The molecule has 19 heavy (non-hydrogen) atoms. The predicted octanol–water partition coefficient (Wildman–Crippen LogP) is 3.17. The Labute approximate surface area is 111 Å². The molecular formula is C16H15FO2. The van der Waals surface area contributed by atoms with Crippen molar-refractivity contribution >= 4 is 0 Å². The molecule has 1 heterocycles. The summed E-state index contributed by atoms with van der Waals surface area (Å²) < 4.78 is 19.0. The summed E-state index contributed by atoms with van der Waals surface area (Å²) in [6.45, 7) is 1.69. The van der Waals surface area contributed by atoms with E-state index >= 15 is 0 Å². The molecule has 2 aromatic carbocycles. The highest BCUT2D eigenvalue weighted by molar-refractivity contribution is 5.38. The fraction of sp³-hybridized carbons (Fsp3) is 0.250. The molecule has 1 aliphatic rings. The van der Waals surface area contributed by atoms with Crippen molar-refractivity contribution < 1.29 is 14.2 Å². The maximum absolute atomic E-state index is 13.2. The fourth-order valence-corrected chi connectivity index (χ4v) is 2.45. The lowest BCUT2D eigenvalue weighted by Gasteiger charge is -2.19. The van der Waals surface area contributed by atoms with Crippen LogP contribution in [0.15, 0.2) is 42.5 Å². The molecule has 0 bridgehead atoms. The zero-order chi connectivity index (χ0) is 13.4. The van der Waals surface area contributed by atoms with Crippen LogP contribution in [0.3, 0.4) is 0 Å². The summed E-state index contributed by atoms with van der Waals surface area (Å²) in [5.74, 6) is 0.567. The van der Waals surface area contributed by atoms with Crippen LogP contribution in [0.5, 0.6) is 5.75 Å². The first kappa shape index (κ1) is 12.2. The van der Waals surface area contributed by atoms with Gasteiger partial charge in [0.25, 0.3) is 0 Å². The van der Waals surface area contributed by atoms with Gasteiger partial charge in [0.15, 0.2) is 0 Å². The van der Waals surface area contributed by atoms with Crippen molar-refractivity contribution in [3.63, 3.8) is 0 Å². The van der Waals surface area contributed by atoms with Crippen molar-refractivity contribution in [1.82, 2.24) is 0 Å². The third-order valence-corrected chi connectivity index (χ3v) is 3.55. The van der Waals surface area contributed by atoms with Gasteiger partial charge in [-0.25, -0.2) is 4.39 Å². The van der Waals surface area contributed by atoms with Gasteiger partial charge in [-0.2, -0.15) is 0 Å². The molecule has 0 fully saturated rings. The minimum atomic E-state index is -0.744. The highest BCUT2D eigenvalue weighted by atomic mass is 19.1. The molecule has 0 saturated carbocycles. The van der Waals surface area contributed by atoms with Crippen molar-refractivity contribution in [2.45, 2.75) is 25.6 Å². The van der Waals surface area contributed by atoms with Crippen LogP contribution in [0.1, 0.15) is 22.8 Å². The van der Waals surface area contributed by atoms with Crippen LogP contribution in [-0.4, -0.2) is 11.2 Å². The highest BCUT2D eigenvalue weighted by Crippen LogP contribution is 2.34. The zero-order valence-corrected chi connectivity index (χ0v) is 10.6. The summed E-state index contributed by atoms with van der Waals surface area (Å²) in [6.07, 6.45) is -0.373. The maximum atomic E-state index is 13.2. The number of para-hydroxylation sites is 1. The number of hydrogen-bond acceptors (Lipinski definition) is 2. The monoisotopic (exact) mass is 258 g/mol. The summed E-state index contributed by atoms with van der Waals surface area (Å²) in [7, 11) is 0. The smallest absolute Gasteiger partial charge is 0.133 e. The van der Waals surface area contributed by atoms with E-state index in [-0.39, 0.29) is 11.9 Å². The number of aryl methyl sites for hydroxylation is 1. The van der Waals surface area contributed by atoms with E-state index in [1.165, 1.54) is 6.07 Å². The summed E-state index contributed by atoms with van der Waals surface area (Å²) in [6, 6.07) is 12.4. The molecule has 2 unspecified atom stereocenters. The van der Waals surface area contributed by atoms with E-state index in [0.717, 1.165) is 11.3 Å². The molecule has 0 aliphatic carbocycles. The average Bonchev–Trinajstić information content (AvgIpc) is 2.85. The van der Waals surface area contributed by atoms with Gasteiger partial charge in [-0.15, -0.1) is 0 Å². The largest absolute Gasteiger partial charge is 0.487 e. The summed E-state index contributed by atoms with van der Waals surface area (Å²) in [5.41, 5.74) is 2.33. The molecule has 0 aromatic heterocycles. The molecule has 3 rings (SSSR count). The van der Waals surface area contributed by atoms with Gasteiger partial charge in [0.05, 0.1) is 0 Å². The predicted molar refractivity (Wildman–Crippen MR) is 70.7 cm³/mol. The van der Waals surface area contributed by atoms with E-state index in [0.29, 0.717) is 17.5 Å². The molecule has 0 spiro atoms. The van der Waals surface area contributed by atoms with Gasteiger partial charge in [0, 0.05) is 6.42 Å². The highest BCUT2D eigenvalue weighted by Gasteiger charge is 2.30. The van der Waals surface area contributed by atoms with Gasteiger partial charge in [-0.3, -0.25) is 0 Å². The number of halogens is 1. The molecule has 98 valence electrons. The van der Waals surface area contributed by atoms with Crippen LogP contribution in [0.2, 0.25) is 0 Å². The van der Waals surface area contributed by atoms with Gasteiger partial charge in [0.2, 0.25) is 0 Å². The Hall–Kier alpha value is -1.87. The number of benzene rings is 2. The Morgan fingerprint density at radius 2 is 2.05 bits per heavy atom. The van der Waals surface area contributed by atoms with Gasteiger partial charge in [0.1, 0.15) is 23.8 Å². The molecule has 0 amide bonds. The fourth-order valence-electron chi connectivity index (χ4n) is 2.45. The van der Waals surface area contributed by atoms with E-state index in [9.17, 15) is 9.50 Å². The third kappa shape index (κ3) is 2.22. The summed E-state index contributed by atoms with van der Waals surface area (Å²) in [5, 5.41) is 10.4. The Balaban J connectivity index is 1.82. The minimum absolute atomic E-state index is 0.258. The van der Waals surface area contributed by atoms with E-state index < -0.39 is 6.10 Å². The molecule has 0 saturated heterocycles. The molecule has 2 nitrogen and oxygen atoms in total. The van der Waals surface area contributed by atoms with Crippen LogP contribution in [-0.2, 0) is 6.42 Å². The number of ether oxygens (including phenoxy) is 1. The number of aliphatic hydroxyl groups excluding tert-OH is 1. The van der Waals surface area contributed by atoms with E-state index in [1.54, 1.807) is 19.1 Å². The third-order valence-electron chi connectivity index (χ3n) is 3.55. The van der Waals surface area contributed by atoms with Gasteiger partial charge in [-0.05, 0) is 35.7 Å². The first-order chi connectivity index (χ1) is 9.15. The second kappa shape index (κ2) is 4.67. The van der Waals surface area contributed by atoms with E-state index in [2.05, 4.69) is 0 Å². The molecule has 0 radical (unpaired) electrons. The normalized spacial score (nSPS) is 18.8. The standard InChI is InChI=1S/C16H15FO2/c1-10-8-12(6-7-13(10)17)16(18)15-9-11-4-2-3-5-14(11)19-15/h2-8,15-16,18H,9H2,1H3. The Morgan fingerprint density at radius 3 is 2.79 bits per heavy atom. The van der Waals surface area contributed by atoms with Crippen LogP contribution in [0.4, 0.5) is 4.39 Å². The second-order valence-corrected chi connectivity index (χ2v) is 4.92. The molecule has 2 atom stereocenters. The average molecular weight is 258 g/mol. The Kier molecular flexibility index (Phi) is 2.99. The number of rotatable bonds is 2. The molecule has 1 aliphatic heterocycles. The Bertz CT molecular complexity index is 584. The number of aliphatic hydroxyl groups is 1. The van der Waals surface area contributed by atoms with E-state index in [1.807, 2.05) is 24.3 Å². The van der Waals surface area contributed by atoms with Gasteiger partial charge >= 0.3 is 0 Å². The zero-order valence-electron chi connectivity index (χ0n) is 10.6. The molecule has 1 N–H and O–H groups in total. The quantitative estimate of drug-likeness (QED) is 0.896. The second-order valence-electron chi connectivity index (χ2n) is 4.92. The van der Waals surface area contributed by atoms with Crippen LogP contribution >= 0.6 is 0 Å². The van der Waals surface area contributed by atoms with Crippen molar-refractivity contribution in [3.05, 3.63) is 65.0 Å². The summed E-state index contributed by atoms with van der Waals surface area (Å²) in [4.78, 5) is 0. The molecular weight excluding hydrogens is 243 g/mol. The number of hydrogen-bond donors (Lipinski definition) is 1. The first-order valence-electron chi connectivity index (χ1n) is 6.34. The number of fused-ring (bicyclic) bond motifs is 1. The minimum Gasteiger partial charge on any atom is -0.487 e. The lowest BCUT2D eigenvalue weighted by atomic mass is 9.99. The first-order valence-corrected chi connectivity index (χ1v) is 6.34. The van der Waals surface area contributed by atoms with Crippen molar-refractivity contribution in [3.8, 4) is 5.75 Å². The van der Waals surface area contributed by atoms with Gasteiger partial charge in [-0.1, -0.05) is 30.3 Å². The SMILES string of the molecule is Cc1cc(C(O)C2Cc3ccccc3O2)ccc1F. The Morgan fingerprint density at radius 1 is 1.26 bits per heavy atom. The maximum Gasteiger partial charge on any atom is 0.133 e. The van der Waals surface area contributed by atoms with Crippen molar-refractivity contribution in [2.75, 3.05) is 0 Å². The van der Waals surface area contributed by atoms with Crippen LogP contribution in [0.25, 0.3) is 0 Å². The van der Waals surface area contributed by atoms with Crippen LogP contribution < -0.4 is 4.74 Å². The van der Waals surface area contributed by atoms with Crippen LogP contribution in [0, 0.1) is 12.7 Å². The topological polar surface area (TPSA) is 29.5 Å². The van der Waals surface area contributed by atoms with Gasteiger partial charge < -0.3 is 9.84 Å². The lowest BCUT2D eigenvalue weighted by Crippen LogP contribution is -2.23. The van der Waals surface area contributed by atoms with Crippen molar-refractivity contribution in [1.29, 1.82) is 0 Å². The molecule has 3 heteroatoms. The van der Waals surface area contributed by atoms with E-state index in [4.69, 9.17) is 4.74 Å².